The fourth-order valence-corrected chi connectivity index (χ4v) is 3.93. The Morgan fingerprint density at radius 2 is 1.96 bits per heavy atom. The molecule has 3 heterocycles. The third kappa shape index (κ3) is 2.97. The molecule has 0 radical (unpaired) electrons. The molecule has 6 heteroatoms. The third-order valence-electron chi connectivity index (χ3n) is 5.40. The number of aromatic nitrogens is 3. The maximum Gasteiger partial charge on any atom is 0.254 e. The minimum atomic E-state index is -0.0389. The van der Waals surface area contributed by atoms with E-state index in [-0.39, 0.29) is 5.56 Å². The first-order chi connectivity index (χ1) is 13.7. The highest BCUT2D eigenvalue weighted by Crippen LogP contribution is 2.23. The smallest absolute Gasteiger partial charge is 0.254 e. The maximum atomic E-state index is 12.6. The van der Waals surface area contributed by atoms with Crippen LogP contribution >= 0.6 is 0 Å². The molecule has 0 aliphatic carbocycles. The summed E-state index contributed by atoms with van der Waals surface area (Å²) in [5, 5.41) is 1.22. The zero-order valence-electron chi connectivity index (χ0n) is 15.4. The van der Waals surface area contributed by atoms with Crippen molar-refractivity contribution in [2.24, 2.45) is 0 Å². The van der Waals surface area contributed by atoms with Gasteiger partial charge in [-0.2, -0.15) is 0 Å². The van der Waals surface area contributed by atoms with E-state index in [9.17, 15) is 4.79 Å². The van der Waals surface area contributed by atoms with E-state index in [4.69, 9.17) is 10.7 Å². The monoisotopic (exact) mass is 371 g/mol. The highest BCUT2D eigenvalue weighted by molar-refractivity contribution is 5.82. The number of benzene rings is 2. The highest BCUT2D eigenvalue weighted by Gasteiger charge is 2.22. The number of nitrogen functional groups attached to an aromatic ring is 1. The Kier molecular flexibility index (Phi) is 3.98. The summed E-state index contributed by atoms with van der Waals surface area (Å²) < 4.78 is 0. The number of hydrogen-bond acceptors (Lipinski definition) is 4. The van der Waals surface area contributed by atoms with Gasteiger partial charge in [0, 0.05) is 48.2 Å². The molecule has 0 bridgehead atoms. The quantitative estimate of drug-likeness (QED) is 0.483. The first-order valence-electron chi connectivity index (χ1n) is 9.43. The van der Waals surface area contributed by atoms with Crippen molar-refractivity contribution < 1.29 is 0 Å². The van der Waals surface area contributed by atoms with E-state index in [1.54, 1.807) is 0 Å². The summed E-state index contributed by atoms with van der Waals surface area (Å²) in [6.07, 6.45) is 2.68. The topological polar surface area (TPSA) is 90.8 Å². The lowest BCUT2D eigenvalue weighted by Gasteiger charge is -2.28. The number of hydrogen-bond donors (Lipinski definition) is 3. The number of anilines is 1. The minimum Gasteiger partial charge on any atom is -0.399 e. The molecule has 0 amide bonds. The summed E-state index contributed by atoms with van der Waals surface area (Å²) in [4.78, 5) is 26.0. The van der Waals surface area contributed by atoms with Crippen LogP contribution in [-0.4, -0.2) is 26.4 Å². The third-order valence-corrected chi connectivity index (χ3v) is 5.40. The van der Waals surface area contributed by atoms with Crippen LogP contribution in [0, 0.1) is 0 Å². The Bertz CT molecular complexity index is 1210. The van der Waals surface area contributed by atoms with Crippen LogP contribution in [-0.2, 0) is 19.5 Å². The number of para-hydroxylation sites is 1. The molecule has 28 heavy (non-hydrogen) atoms. The molecule has 0 unspecified atom stereocenters. The summed E-state index contributed by atoms with van der Waals surface area (Å²) in [5.74, 6) is 0.595. The molecule has 0 saturated heterocycles. The Morgan fingerprint density at radius 3 is 2.82 bits per heavy atom. The molecule has 1 aliphatic rings. The molecule has 0 saturated carbocycles. The molecule has 5 rings (SSSR count). The standard InChI is InChI=1S/C22H21N5O/c23-17-6-4-15(5-7-17)21-25-19-13-27(11-9-18(19)22(28)26-21)12-16-3-1-2-14-8-10-24-20(14)16/h1-8,10,24H,9,11-13,23H2,(H,25,26,28). The predicted molar refractivity (Wildman–Crippen MR) is 111 cm³/mol. The van der Waals surface area contributed by atoms with Crippen LogP contribution in [0.5, 0.6) is 0 Å². The minimum absolute atomic E-state index is 0.0389. The largest absolute Gasteiger partial charge is 0.399 e. The molecular formula is C22H21N5O. The highest BCUT2D eigenvalue weighted by atomic mass is 16.1. The molecule has 1 aliphatic heterocycles. The van der Waals surface area contributed by atoms with Gasteiger partial charge in [-0.05, 0) is 47.7 Å². The summed E-state index contributed by atoms with van der Waals surface area (Å²) >= 11 is 0. The fourth-order valence-electron chi connectivity index (χ4n) is 3.93. The predicted octanol–water partition coefficient (Wildman–Crippen LogP) is 3.06. The lowest BCUT2D eigenvalue weighted by atomic mass is 10.0. The Morgan fingerprint density at radius 1 is 1.11 bits per heavy atom. The average molecular weight is 371 g/mol. The van der Waals surface area contributed by atoms with Gasteiger partial charge in [0.05, 0.1) is 5.69 Å². The van der Waals surface area contributed by atoms with E-state index in [0.29, 0.717) is 24.5 Å². The SMILES string of the molecule is Nc1ccc(-c2nc3c(c(=O)[nH]2)CCN(Cc2cccc4cc[nH]c24)C3)cc1. The van der Waals surface area contributed by atoms with Crippen molar-refractivity contribution in [3.8, 4) is 11.4 Å². The Balaban J connectivity index is 1.45. The van der Waals surface area contributed by atoms with Gasteiger partial charge in [0.15, 0.2) is 0 Å². The number of H-pyrrole nitrogens is 2. The second kappa shape index (κ2) is 6.65. The molecule has 4 N–H and O–H groups in total. The first kappa shape index (κ1) is 16.8. The van der Waals surface area contributed by atoms with Crippen LogP contribution in [0.25, 0.3) is 22.3 Å². The summed E-state index contributed by atoms with van der Waals surface area (Å²) in [7, 11) is 0. The molecule has 6 nitrogen and oxygen atoms in total. The van der Waals surface area contributed by atoms with Crippen molar-refractivity contribution in [2.75, 3.05) is 12.3 Å². The van der Waals surface area contributed by atoms with Crippen molar-refractivity contribution in [3.63, 3.8) is 0 Å². The number of fused-ring (bicyclic) bond motifs is 2. The molecule has 0 spiro atoms. The molecular weight excluding hydrogens is 350 g/mol. The van der Waals surface area contributed by atoms with Crippen LogP contribution in [0.4, 0.5) is 5.69 Å². The number of nitrogens with two attached hydrogens (primary N) is 1. The van der Waals surface area contributed by atoms with Gasteiger partial charge in [0.2, 0.25) is 0 Å². The first-order valence-corrected chi connectivity index (χ1v) is 9.43. The van der Waals surface area contributed by atoms with Crippen molar-refractivity contribution in [3.05, 3.63) is 81.9 Å². The lowest BCUT2D eigenvalue weighted by molar-refractivity contribution is 0.241. The molecule has 2 aromatic carbocycles. The van der Waals surface area contributed by atoms with E-state index >= 15 is 0 Å². The molecule has 0 fully saturated rings. The maximum absolute atomic E-state index is 12.6. The van der Waals surface area contributed by atoms with E-state index in [1.165, 1.54) is 16.5 Å². The van der Waals surface area contributed by atoms with Gasteiger partial charge in [0.1, 0.15) is 5.82 Å². The van der Waals surface area contributed by atoms with Crippen LogP contribution in [0.15, 0.2) is 59.5 Å². The van der Waals surface area contributed by atoms with E-state index in [2.05, 4.69) is 39.1 Å². The molecule has 4 aromatic rings. The van der Waals surface area contributed by atoms with Gasteiger partial charge >= 0.3 is 0 Å². The van der Waals surface area contributed by atoms with Crippen LogP contribution in [0.3, 0.4) is 0 Å². The Labute approximate surface area is 162 Å². The van der Waals surface area contributed by atoms with Crippen LogP contribution < -0.4 is 11.3 Å². The van der Waals surface area contributed by atoms with Crippen molar-refractivity contribution in [2.45, 2.75) is 19.5 Å². The Hall–Kier alpha value is -3.38. The second-order valence-electron chi connectivity index (χ2n) is 7.28. The van der Waals surface area contributed by atoms with E-state index < -0.39 is 0 Å². The number of rotatable bonds is 3. The summed E-state index contributed by atoms with van der Waals surface area (Å²) in [6, 6.07) is 15.8. The van der Waals surface area contributed by atoms with Gasteiger partial charge in [-0.15, -0.1) is 0 Å². The molecule has 2 aromatic heterocycles. The zero-order valence-corrected chi connectivity index (χ0v) is 15.4. The van der Waals surface area contributed by atoms with E-state index in [1.807, 2.05) is 30.5 Å². The number of nitrogens with one attached hydrogen (secondary N) is 2. The normalized spacial score (nSPS) is 14.3. The van der Waals surface area contributed by atoms with Gasteiger partial charge < -0.3 is 15.7 Å². The average Bonchev–Trinajstić information content (AvgIpc) is 3.18. The zero-order chi connectivity index (χ0) is 19.1. The number of nitrogens with zero attached hydrogens (tertiary/aromatic N) is 2. The van der Waals surface area contributed by atoms with Crippen molar-refractivity contribution >= 4 is 16.6 Å². The van der Waals surface area contributed by atoms with Gasteiger partial charge in [-0.1, -0.05) is 18.2 Å². The fraction of sp³-hybridized carbons (Fsp3) is 0.182. The van der Waals surface area contributed by atoms with Crippen LogP contribution in [0.2, 0.25) is 0 Å². The molecule has 140 valence electrons. The van der Waals surface area contributed by atoms with Gasteiger partial charge in [-0.3, -0.25) is 9.69 Å². The van der Waals surface area contributed by atoms with E-state index in [0.717, 1.165) is 29.9 Å². The van der Waals surface area contributed by atoms with Gasteiger partial charge in [-0.25, -0.2) is 4.98 Å². The summed E-state index contributed by atoms with van der Waals surface area (Å²) in [6.45, 7) is 2.33. The number of aromatic amines is 2. The lowest BCUT2D eigenvalue weighted by Crippen LogP contribution is -2.35. The summed E-state index contributed by atoms with van der Waals surface area (Å²) in [5.41, 5.74) is 11.4. The second-order valence-corrected chi connectivity index (χ2v) is 7.28. The van der Waals surface area contributed by atoms with Gasteiger partial charge in [0.25, 0.3) is 5.56 Å². The molecule has 0 atom stereocenters. The van der Waals surface area contributed by atoms with Crippen molar-refractivity contribution in [1.29, 1.82) is 0 Å². The van der Waals surface area contributed by atoms with Crippen LogP contribution in [0.1, 0.15) is 16.8 Å². The van der Waals surface area contributed by atoms with Crippen molar-refractivity contribution in [1.82, 2.24) is 19.9 Å².